The molecular weight excluding hydrogens is 128 g/mol. The highest BCUT2D eigenvalue weighted by molar-refractivity contribution is 5.54. The van der Waals surface area contributed by atoms with Crippen LogP contribution in [-0.2, 0) is 9.53 Å². The van der Waals surface area contributed by atoms with Crippen LogP contribution in [0.25, 0.3) is 0 Å². The summed E-state index contributed by atoms with van der Waals surface area (Å²) >= 11 is 0. The highest BCUT2D eigenvalue weighted by atomic mass is 16.5. The van der Waals surface area contributed by atoms with Crippen LogP contribution >= 0.6 is 0 Å². The van der Waals surface area contributed by atoms with Crippen LogP contribution in [0.1, 0.15) is 27.2 Å². The van der Waals surface area contributed by atoms with Crippen molar-refractivity contribution in [2.45, 2.75) is 33.3 Å². The Morgan fingerprint density at radius 3 is 2.40 bits per heavy atom. The summed E-state index contributed by atoms with van der Waals surface area (Å²) in [4.78, 5) is 10.4. The fourth-order valence-electron chi connectivity index (χ4n) is 0.925. The molecule has 0 aliphatic heterocycles. The van der Waals surface area contributed by atoms with Gasteiger partial charge in [0.05, 0.1) is 6.10 Å². The molecular formula is C8H16O2. The van der Waals surface area contributed by atoms with Crippen LogP contribution in [0.15, 0.2) is 0 Å². The molecule has 0 saturated heterocycles. The van der Waals surface area contributed by atoms with Crippen molar-refractivity contribution in [1.82, 2.24) is 0 Å². The first-order valence-corrected chi connectivity index (χ1v) is 3.83. The van der Waals surface area contributed by atoms with Gasteiger partial charge in [-0.15, -0.1) is 0 Å². The SMILES string of the molecule is CCO[C@@H](C)[C@H](C=O)CC. The van der Waals surface area contributed by atoms with Gasteiger partial charge in [0.2, 0.25) is 0 Å². The molecule has 0 rings (SSSR count). The predicted octanol–water partition coefficient (Wildman–Crippen LogP) is 1.64. The van der Waals surface area contributed by atoms with E-state index in [0.29, 0.717) is 6.61 Å². The van der Waals surface area contributed by atoms with Crippen LogP contribution < -0.4 is 0 Å². The van der Waals surface area contributed by atoms with Gasteiger partial charge in [-0.05, 0) is 20.3 Å². The monoisotopic (exact) mass is 144 g/mol. The molecule has 2 nitrogen and oxygen atoms in total. The largest absolute Gasteiger partial charge is 0.378 e. The van der Waals surface area contributed by atoms with Crippen molar-refractivity contribution < 1.29 is 9.53 Å². The lowest BCUT2D eigenvalue weighted by Gasteiger charge is -2.16. The Morgan fingerprint density at radius 2 is 2.10 bits per heavy atom. The lowest BCUT2D eigenvalue weighted by atomic mass is 10.0. The molecule has 0 aromatic carbocycles. The first-order valence-electron chi connectivity index (χ1n) is 3.83. The van der Waals surface area contributed by atoms with Gasteiger partial charge in [-0.1, -0.05) is 6.92 Å². The fourth-order valence-corrected chi connectivity index (χ4v) is 0.925. The standard InChI is InChI=1S/C8H16O2/c1-4-8(6-9)7(3)10-5-2/h6-8H,4-5H2,1-3H3/t7-,8-/m0/s1. The third-order valence-electron chi connectivity index (χ3n) is 1.68. The number of ether oxygens (including phenoxy) is 1. The second-order valence-corrected chi connectivity index (χ2v) is 2.37. The van der Waals surface area contributed by atoms with Crippen molar-refractivity contribution in [3.63, 3.8) is 0 Å². The van der Waals surface area contributed by atoms with Crippen LogP contribution in [0.2, 0.25) is 0 Å². The Hall–Kier alpha value is -0.370. The molecule has 0 radical (unpaired) electrons. The molecule has 0 fully saturated rings. The lowest BCUT2D eigenvalue weighted by Crippen LogP contribution is -2.21. The minimum Gasteiger partial charge on any atom is -0.378 e. The molecule has 0 spiro atoms. The third kappa shape index (κ3) is 2.97. The van der Waals surface area contributed by atoms with E-state index in [4.69, 9.17) is 4.74 Å². The summed E-state index contributed by atoms with van der Waals surface area (Å²) in [5.74, 6) is 0.0694. The van der Waals surface area contributed by atoms with Crippen molar-refractivity contribution in [2.24, 2.45) is 5.92 Å². The fraction of sp³-hybridized carbons (Fsp3) is 0.875. The summed E-state index contributed by atoms with van der Waals surface area (Å²) in [5, 5.41) is 0. The highest BCUT2D eigenvalue weighted by Gasteiger charge is 2.13. The van der Waals surface area contributed by atoms with E-state index in [-0.39, 0.29) is 12.0 Å². The Morgan fingerprint density at radius 1 is 1.50 bits per heavy atom. The first-order chi connectivity index (χ1) is 4.76. The average molecular weight is 144 g/mol. The number of hydrogen-bond acceptors (Lipinski definition) is 2. The van der Waals surface area contributed by atoms with Gasteiger partial charge in [0.1, 0.15) is 6.29 Å². The summed E-state index contributed by atoms with van der Waals surface area (Å²) < 4.78 is 5.25. The van der Waals surface area contributed by atoms with E-state index < -0.39 is 0 Å². The number of hydrogen-bond donors (Lipinski definition) is 0. The number of carbonyl (C=O) groups excluding carboxylic acids is 1. The van der Waals surface area contributed by atoms with E-state index in [9.17, 15) is 4.79 Å². The van der Waals surface area contributed by atoms with Crippen molar-refractivity contribution >= 4 is 6.29 Å². The molecule has 10 heavy (non-hydrogen) atoms. The van der Waals surface area contributed by atoms with Gasteiger partial charge in [0.15, 0.2) is 0 Å². The van der Waals surface area contributed by atoms with Crippen LogP contribution in [0.5, 0.6) is 0 Å². The predicted molar refractivity (Wildman–Crippen MR) is 40.9 cm³/mol. The average Bonchev–Trinajstić information content (AvgIpc) is 1.91. The topological polar surface area (TPSA) is 26.3 Å². The number of aldehydes is 1. The first kappa shape index (κ1) is 9.63. The smallest absolute Gasteiger partial charge is 0.125 e. The van der Waals surface area contributed by atoms with Gasteiger partial charge in [0, 0.05) is 12.5 Å². The molecule has 2 heteroatoms. The van der Waals surface area contributed by atoms with Crippen LogP contribution in [0.3, 0.4) is 0 Å². The second-order valence-electron chi connectivity index (χ2n) is 2.37. The Labute approximate surface area is 62.6 Å². The van der Waals surface area contributed by atoms with Crippen molar-refractivity contribution in [3.05, 3.63) is 0 Å². The maximum atomic E-state index is 10.4. The molecule has 0 N–H and O–H groups in total. The number of rotatable bonds is 5. The number of carbonyl (C=O) groups is 1. The van der Waals surface area contributed by atoms with Gasteiger partial charge in [-0.25, -0.2) is 0 Å². The zero-order valence-electron chi connectivity index (χ0n) is 6.96. The molecule has 0 aromatic rings. The van der Waals surface area contributed by atoms with Crippen molar-refractivity contribution in [3.8, 4) is 0 Å². The summed E-state index contributed by atoms with van der Waals surface area (Å²) in [5.41, 5.74) is 0. The van der Waals surface area contributed by atoms with Crippen LogP contribution in [-0.4, -0.2) is 19.0 Å². The van der Waals surface area contributed by atoms with Gasteiger partial charge in [-0.3, -0.25) is 0 Å². The molecule has 0 unspecified atom stereocenters. The molecule has 2 atom stereocenters. The zero-order valence-corrected chi connectivity index (χ0v) is 6.96. The van der Waals surface area contributed by atoms with E-state index in [0.717, 1.165) is 12.7 Å². The molecule has 0 amide bonds. The second kappa shape index (κ2) is 5.42. The molecule has 0 heterocycles. The van der Waals surface area contributed by atoms with E-state index in [1.54, 1.807) is 0 Å². The van der Waals surface area contributed by atoms with Crippen molar-refractivity contribution in [2.75, 3.05) is 6.61 Å². The molecule has 60 valence electrons. The maximum Gasteiger partial charge on any atom is 0.125 e. The maximum absolute atomic E-state index is 10.4. The Bertz CT molecular complexity index is 91.3. The molecule has 0 saturated carbocycles. The quantitative estimate of drug-likeness (QED) is 0.548. The van der Waals surface area contributed by atoms with E-state index in [2.05, 4.69) is 0 Å². The van der Waals surface area contributed by atoms with E-state index in [1.165, 1.54) is 0 Å². The highest BCUT2D eigenvalue weighted by Crippen LogP contribution is 2.08. The van der Waals surface area contributed by atoms with Gasteiger partial charge in [0.25, 0.3) is 0 Å². The molecule has 0 aromatic heterocycles. The normalized spacial score (nSPS) is 16.3. The minimum atomic E-state index is 0.0694. The Balaban J connectivity index is 3.63. The van der Waals surface area contributed by atoms with Gasteiger partial charge < -0.3 is 9.53 Å². The Kier molecular flexibility index (Phi) is 5.22. The lowest BCUT2D eigenvalue weighted by molar-refractivity contribution is -0.115. The van der Waals surface area contributed by atoms with Gasteiger partial charge in [-0.2, -0.15) is 0 Å². The zero-order chi connectivity index (χ0) is 7.98. The third-order valence-corrected chi connectivity index (χ3v) is 1.68. The molecule has 0 aliphatic rings. The summed E-state index contributed by atoms with van der Waals surface area (Å²) in [6.45, 7) is 6.56. The van der Waals surface area contributed by atoms with E-state index in [1.807, 2.05) is 20.8 Å². The molecule has 0 bridgehead atoms. The summed E-state index contributed by atoms with van der Waals surface area (Å²) in [6.07, 6.45) is 1.91. The van der Waals surface area contributed by atoms with E-state index >= 15 is 0 Å². The summed E-state index contributed by atoms with van der Waals surface area (Å²) in [6, 6.07) is 0. The van der Waals surface area contributed by atoms with Crippen LogP contribution in [0, 0.1) is 5.92 Å². The minimum absolute atomic E-state index is 0.0694. The van der Waals surface area contributed by atoms with Gasteiger partial charge >= 0.3 is 0 Å². The van der Waals surface area contributed by atoms with Crippen molar-refractivity contribution in [1.29, 1.82) is 0 Å². The summed E-state index contributed by atoms with van der Waals surface area (Å²) in [7, 11) is 0. The molecule has 0 aliphatic carbocycles. The van der Waals surface area contributed by atoms with Crippen LogP contribution in [0.4, 0.5) is 0 Å².